The number of nitriles is 1. The van der Waals surface area contributed by atoms with Crippen molar-refractivity contribution in [2.24, 2.45) is 0 Å². The third kappa shape index (κ3) is 2.88. The van der Waals surface area contributed by atoms with Crippen molar-refractivity contribution in [2.75, 3.05) is 6.54 Å². The third-order valence-electron chi connectivity index (χ3n) is 3.65. The molecule has 118 valence electrons. The minimum atomic E-state index is -0.672. The maximum absolute atomic E-state index is 12.2. The van der Waals surface area contributed by atoms with Gasteiger partial charge in [0.1, 0.15) is 13.2 Å². The lowest BCUT2D eigenvalue weighted by Gasteiger charge is -2.13. The number of carbonyl (C=O) groups excluding carboxylic acids is 3. The smallest absolute Gasteiger partial charge is 0.326 e. The fraction of sp³-hybridized carbons (Fsp3) is 0.111. The van der Waals surface area contributed by atoms with Crippen LogP contribution in [-0.2, 0) is 16.1 Å². The number of carbonyl (C=O) groups is 3. The molecule has 2 aromatic carbocycles. The van der Waals surface area contributed by atoms with Crippen molar-refractivity contribution in [3.63, 3.8) is 0 Å². The highest BCUT2D eigenvalue weighted by molar-refractivity contribution is 6.22. The summed E-state index contributed by atoms with van der Waals surface area (Å²) in [4.78, 5) is 37.1. The first kappa shape index (κ1) is 15.4. The van der Waals surface area contributed by atoms with Crippen LogP contribution in [0.3, 0.4) is 0 Å². The van der Waals surface area contributed by atoms with E-state index in [1.54, 1.807) is 48.5 Å². The van der Waals surface area contributed by atoms with Crippen LogP contribution < -0.4 is 0 Å². The van der Waals surface area contributed by atoms with Gasteiger partial charge in [-0.05, 0) is 29.8 Å². The first-order chi connectivity index (χ1) is 11.6. The summed E-state index contributed by atoms with van der Waals surface area (Å²) in [6.45, 7) is -0.420. The topological polar surface area (TPSA) is 87.5 Å². The molecule has 0 aromatic heterocycles. The highest BCUT2D eigenvalue weighted by Gasteiger charge is 2.36. The molecule has 0 N–H and O–H groups in total. The Morgan fingerprint density at radius 1 is 1.00 bits per heavy atom. The van der Waals surface area contributed by atoms with Gasteiger partial charge in [0.2, 0.25) is 0 Å². The van der Waals surface area contributed by atoms with Crippen molar-refractivity contribution >= 4 is 17.8 Å². The van der Waals surface area contributed by atoms with Crippen LogP contribution in [0.1, 0.15) is 31.8 Å². The van der Waals surface area contributed by atoms with Gasteiger partial charge in [0.15, 0.2) is 0 Å². The Morgan fingerprint density at radius 2 is 1.58 bits per heavy atom. The molecule has 0 atom stereocenters. The number of hydrogen-bond donors (Lipinski definition) is 0. The summed E-state index contributed by atoms with van der Waals surface area (Å²) in [5.74, 6) is -1.66. The Hall–Kier alpha value is -3.46. The molecule has 0 fully saturated rings. The molecule has 1 aliphatic heterocycles. The van der Waals surface area contributed by atoms with E-state index in [-0.39, 0.29) is 6.61 Å². The zero-order valence-corrected chi connectivity index (χ0v) is 12.6. The summed E-state index contributed by atoms with van der Waals surface area (Å²) in [6, 6.07) is 15.0. The molecular weight excluding hydrogens is 308 g/mol. The number of nitrogens with zero attached hydrogens (tertiary/aromatic N) is 2. The third-order valence-corrected chi connectivity index (χ3v) is 3.65. The van der Waals surface area contributed by atoms with Crippen LogP contribution in [0.2, 0.25) is 0 Å². The lowest BCUT2D eigenvalue weighted by Crippen LogP contribution is -2.35. The standard InChI is InChI=1S/C18H12N2O4/c19-9-12-5-7-13(8-6-12)11-24-16(21)10-20-17(22)14-3-1-2-4-15(14)18(20)23/h1-8H,10-11H2. The molecule has 6 nitrogen and oxygen atoms in total. The van der Waals surface area contributed by atoms with Crippen LogP contribution in [0, 0.1) is 11.3 Å². The van der Waals surface area contributed by atoms with Crippen LogP contribution in [-0.4, -0.2) is 29.2 Å². The summed E-state index contributed by atoms with van der Waals surface area (Å²) in [5.41, 5.74) is 1.81. The van der Waals surface area contributed by atoms with Crippen molar-refractivity contribution in [1.82, 2.24) is 4.90 Å². The largest absolute Gasteiger partial charge is 0.459 e. The number of esters is 1. The number of rotatable bonds is 4. The van der Waals surface area contributed by atoms with Gasteiger partial charge in [-0.15, -0.1) is 0 Å². The van der Waals surface area contributed by atoms with Crippen LogP contribution in [0.25, 0.3) is 0 Å². The van der Waals surface area contributed by atoms with Crippen LogP contribution >= 0.6 is 0 Å². The molecule has 2 aromatic rings. The van der Waals surface area contributed by atoms with Gasteiger partial charge in [0.05, 0.1) is 22.8 Å². The molecule has 2 amide bonds. The molecule has 0 unspecified atom stereocenters. The SMILES string of the molecule is N#Cc1ccc(COC(=O)CN2C(=O)c3ccccc3C2=O)cc1. The van der Waals surface area contributed by atoms with E-state index < -0.39 is 24.3 Å². The summed E-state index contributed by atoms with van der Waals surface area (Å²) >= 11 is 0. The van der Waals surface area contributed by atoms with E-state index in [9.17, 15) is 14.4 Å². The number of ether oxygens (including phenoxy) is 1. The first-order valence-electron chi connectivity index (χ1n) is 7.20. The van der Waals surface area contributed by atoms with Crippen molar-refractivity contribution in [1.29, 1.82) is 5.26 Å². The average Bonchev–Trinajstić information content (AvgIpc) is 2.86. The molecule has 0 radical (unpaired) electrons. The molecule has 6 heteroatoms. The van der Waals surface area contributed by atoms with E-state index >= 15 is 0 Å². The van der Waals surface area contributed by atoms with Gasteiger partial charge < -0.3 is 4.74 Å². The second-order valence-electron chi connectivity index (χ2n) is 5.21. The van der Waals surface area contributed by atoms with Crippen molar-refractivity contribution in [3.8, 4) is 6.07 Å². The monoisotopic (exact) mass is 320 g/mol. The Balaban J connectivity index is 1.60. The fourth-order valence-corrected chi connectivity index (χ4v) is 2.40. The van der Waals surface area contributed by atoms with Crippen LogP contribution in [0.15, 0.2) is 48.5 Å². The minimum Gasteiger partial charge on any atom is -0.459 e. The number of fused-ring (bicyclic) bond motifs is 1. The first-order valence-corrected chi connectivity index (χ1v) is 7.20. The summed E-state index contributed by atoms with van der Waals surface area (Å²) in [7, 11) is 0. The summed E-state index contributed by atoms with van der Waals surface area (Å²) in [5, 5.41) is 8.73. The highest BCUT2D eigenvalue weighted by atomic mass is 16.5. The van der Waals surface area contributed by atoms with Crippen molar-refractivity contribution < 1.29 is 19.1 Å². The lowest BCUT2D eigenvalue weighted by atomic mass is 10.1. The Morgan fingerprint density at radius 3 is 2.12 bits per heavy atom. The van der Waals surface area contributed by atoms with Crippen LogP contribution in [0.5, 0.6) is 0 Å². The number of benzene rings is 2. The van der Waals surface area contributed by atoms with Gasteiger partial charge in [0, 0.05) is 0 Å². The Bertz CT molecular complexity index is 830. The highest BCUT2D eigenvalue weighted by Crippen LogP contribution is 2.22. The van der Waals surface area contributed by atoms with Gasteiger partial charge in [-0.2, -0.15) is 5.26 Å². The molecule has 3 rings (SSSR count). The van der Waals surface area contributed by atoms with Crippen molar-refractivity contribution in [3.05, 3.63) is 70.8 Å². The Kier molecular flexibility index (Phi) is 4.08. The van der Waals surface area contributed by atoms with E-state index in [2.05, 4.69) is 0 Å². The molecule has 1 aliphatic rings. The Labute approximate surface area is 137 Å². The molecular formula is C18H12N2O4. The minimum absolute atomic E-state index is 0.00765. The molecule has 1 heterocycles. The van der Waals surface area contributed by atoms with Gasteiger partial charge in [-0.3, -0.25) is 19.3 Å². The van der Waals surface area contributed by atoms with Crippen molar-refractivity contribution in [2.45, 2.75) is 6.61 Å². The molecule has 0 saturated heterocycles. The summed E-state index contributed by atoms with van der Waals surface area (Å²) in [6.07, 6.45) is 0. The lowest BCUT2D eigenvalue weighted by molar-refractivity contribution is -0.145. The fourth-order valence-electron chi connectivity index (χ4n) is 2.40. The predicted molar refractivity (Wildman–Crippen MR) is 82.8 cm³/mol. The molecule has 0 bridgehead atoms. The van der Waals surface area contributed by atoms with Crippen LogP contribution in [0.4, 0.5) is 0 Å². The number of amides is 2. The van der Waals surface area contributed by atoms with Gasteiger partial charge in [0.25, 0.3) is 11.8 Å². The second-order valence-corrected chi connectivity index (χ2v) is 5.21. The van der Waals surface area contributed by atoms with E-state index in [1.165, 1.54) is 0 Å². The molecule has 0 spiro atoms. The average molecular weight is 320 g/mol. The number of imide groups is 1. The van der Waals surface area contributed by atoms with Gasteiger partial charge in [-0.25, -0.2) is 0 Å². The van der Waals surface area contributed by atoms with E-state index in [4.69, 9.17) is 10.00 Å². The zero-order chi connectivity index (χ0) is 17.1. The van der Waals surface area contributed by atoms with E-state index in [0.29, 0.717) is 22.3 Å². The normalized spacial score (nSPS) is 12.7. The maximum Gasteiger partial charge on any atom is 0.326 e. The predicted octanol–water partition coefficient (Wildman–Crippen LogP) is 1.90. The summed E-state index contributed by atoms with van der Waals surface area (Å²) < 4.78 is 5.09. The van der Waals surface area contributed by atoms with Gasteiger partial charge >= 0.3 is 5.97 Å². The van der Waals surface area contributed by atoms with E-state index in [1.807, 2.05) is 6.07 Å². The van der Waals surface area contributed by atoms with E-state index in [0.717, 1.165) is 4.90 Å². The zero-order valence-electron chi connectivity index (χ0n) is 12.6. The van der Waals surface area contributed by atoms with Gasteiger partial charge in [-0.1, -0.05) is 24.3 Å². The second kappa shape index (κ2) is 6.34. The molecule has 0 aliphatic carbocycles. The number of hydrogen-bond acceptors (Lipinski definition) is 5. The molecule has 0 saturated carbocycles. The maximum atomic E-state index is 12.2. The quantitative estimate of drug-likeness (QED) is 0.634. The molecule has 24 heavy (non-hydrogen) atoms.